The lowest BCUT2D eigenvalue weighted by Gasteiger charge is -2.21. The number of nitrogen functional groups attached to an aromatic ring is 1. The van der Waals surface area contributed by atoms with E-state index in [1.54, 1.807) is 0 Å². The number of rotatable bonds is 3. The van der Waals surface area contributed by atoms with Gasteiger partial charge in [-0.25, -0.2) is 4.98 Å². The molecule has 1 saturated heterocycles. The van der Waals surface area contributed by atoms with E-state index < -0.39 is 0 Å². The zero-order valence-electron chi connectivity index (χ0n) is 11.9. The fourth-order valence-corrected chi connectivity index (χ4v) is 4.79. The molecule has 0 amide bonds. The zero-order chi connectivity index (χ0) is 13.2. The van der Waals surface area contributed by atoms with Gasteiger partial charge in [-0.3, -0.25) is 0 Å². The minimum atomic E-state index is 0.597. The number of nitrogens with two attached hydrogens (primary N) is 1. The van der Waals surface area contributed by atoms with Gasteiger partial charge in [0, 0.05) is 24.1 Å². The quantitative estimate of drug-likeness (QED) is 0.916. The van der Waals surface area contributed by atoms with E-state index in [9.17, 15) is 0 Å². The van der Waals surface area contributed by atoms with E-state index in [0.29, 0.717) is 11.8 Å². The maximum Gasteiger partial charge on any atom is 0.127 e. The van der Waals surface area contributed by atoms with Crippen LogP contribution in [0, 0.1) is 0 Å². The number of nitrogens with zero attached hydrogens (tertiary/aromatic N) is 2. The summed E-state index contributed by atoms with van der Waals surface area (Å²) < 4.78 is 2.29. The Labute approximate surface area is 120 Å². The molecule has 0 spiro atoms. The molecule has 1 aromatic heterocycles. The van der Waals surface area contributed by atoms with Gasteiger partial charge in [0.2, 0.25) is 0 Å². The minimum absolute atomic E-state index is 0.597. The SMILES string of the molecule is CCn1c(C2CCCCC2)nc(C2CCSC2)c1N. The van der Waals surface area contributed by atoms with E-state index >= 15 is 0 Å². The Bertz CT molecular complexity index is 429. The molecule has 106 valence electrons. The molecule has 1 atom stereocenters. The molecule has 1 aromatic rings. The first-order valence-electron chi connectivity index (χ1n) is 7.74. The van der Waals surface area contributed by atoms with Gasteiger partial charge in [-0.1, -0.05) is 19.3 Å². The molecular formula is C15H25N3S. The molecule has 0 bridgehead atoms. The highest BCUT2D eigenvalue weighted by Gasteiger charge is 2.28. The fraction of sp³-hybridized carbons (Fsp3) is 0.800. The summed E-state index contributed by atoms with van der Waals surface area (Å²) in [7, 11) is 0. The van der Waals surface area contributed by atoms with Crippen molar-refractivity contribution in [2.24, 2.45) is 0 Å². The van der Waals surface area contributed by atoms with Crippen LogP contribution in [0.25, 0.3) is 0 Å². The Balaban J connectivity index is 1.91. The normalized spacial score (nSPS) is 25.0. The lowest BCUT2D eigenvalue weighted by atomic mass is 9.88. The van der Waals surface area contributed by atoms with Gasteiger partial charge in [0.1, 0.15) is 11.6 Å². The molecule has 2 N–H and O–H groups in total. The average molecular weight is 279 g/mol. The third kappa shape index (κ3) is 2.51. The maximum atomic E-state index is 6.39. The lowest BCUT2D eigenvalue weighted by Crippen LogP contribution is -2.12. The number of thioether (sulfide) groups is 1. The topological polar surface area (TPSA) is 43.8 Å². The van der Waals surface area contributed by atoms with Gasteiger partial charge in [-0.05, 0) is 31.9 Å². The van der Waals surface area contributed by atoms with Gasteiger partial charge in [-0.2, -0.15) is 11.8 Å². The highest BCUT2D eigenvalue weighted by molar-refractivity contribution is 7.99. The average Bonchev–Trinajstić information content (AvgIpc) is 3.07. The molecule has 1 unspecified atom stereocenters. The van der Waals surface area contributed by atoms with Crippen LogP contribution in [0.15, 0.2) is 0 Å². The van der Waals surface area contributed by atoms with Crippen molar-refractivity contribution in [2.75, 3.05) is 17.2 Å². The van der Waals surface area contributed by atoms with Crippen molar-refractivity contribution in [3.05, 3.63) is 11.5 Å². The Morgan fingerprint density at radius 1 is 1.21 bits per heavy atom. The highest BCUT2D eigenvalue weighted by atomic mass is 32.2. The molecule has 0 radical (unpaired) electrons. The number of hydrogen-bond acceptors (Lipinski definition) is 3. The van der Waals surface area contributed by atoms with Crippen molar-refractivity contribution in [2.45, 2.75) is 63.8 Å². The van der Waals surface area contributed by atoms with Gasteiger partial charge in [0.05, 0.1) is 5.69 Å². The van der Waals surface area contributed by atoms with E-state index in [-0.39, 0.29) is 0 Å². The molecule has 4 heteroatoms. The molecule has 1 saturated carbocycles. The summed E-state index contributed by atoms with van der Waals surface area (Å²) >= 11 is 2.04. The van der Waals surface area contributed by atoms with E-state index in [2.05, 4.69) is 11.5 Å². The Morgan fingerprint density at radius 3 is 2.63 bits per heavy atom. The number of hydrogen-bond donors (Lipinski definition) is 1. The van der Waals surface area contributed by atoms with Crippen LogP contribution in [0.3, 0.4) is 0 Å². The van der Waals surface area contributed by atoms with E-state index in [0.717, 1.165) is 12.4 Å². The van der Waals surface area contributed by atoms with Gasteiger partial charge in [-0.15, -0.1) is 0 Å². The first-order valence-corrected chi connectivity index (χ1v) is 8.90. The second-order valence-corrected chi connectivity index (χ2v) is 7.03. The predicted octanol–water partition coefficient (Wildman–Crippen LogP) is 3.75. The first-order chi connectivity index (χ1) is 9.31. The van der Waals surface area contributed by atoms with E-state index in [1.807, 2.05) is 11.8 Å². The van der Waals surface area contributed by atoms with Gasteiger partial charge in [0.25, 0.3) is 0 Å². The molecule has 1 aliphatic heterocycles. The predicted molar refractivity (Wildman–Crippen MR) is 82.8 cm³/mol. The van der Waals surface area contributed by atoms with E-state index in [4.69, 9.17) is 10.7 Å². The van der Waals surface area contributed by atoms with Crippen molar-refractivity contribution in [3.8, 4) is 0 Å². The van der Waals surface area contributed by atoms with Crippen molar-refractivity contribution in [1.82, 2.24) is 9.55 Å². The van der Waals surface area contributed by atoms with E-state index in [1.165, 1.54) is 61.5 Å². The van der Waals surface area contributed by atoms with Gasteiger partial charge >= 0.3 is 0 Å². The van der Waals surface area contributed by atoms with Crippen LogP contribution in [0.2, 0.25) is 0 Å². The summed E-state index contributed by atoms with van der Waals surface area (Å²) in [6.07, 6.45) is 7.96. The monoisotopic (exact) mass is 279 g/mol. The molecule has 1 aliphatic carbocycles. The van der Waals surface area contributed by atoms with Crippen LogP contribution in [-0.2, 0) is 6.54 Å². The van der Waals surface area contributed by atoms with Crippen LogP contribution >= 0.6 is 11.8 Å². The third-order valence-corrected chi connectivity index (χ3v) is 5.83. The molecule has 19 heavy (non-hydrogen) atoms. The Morgan fingerprint density at radius 2 is 2.00 bits per heavy atom. The molecule has 0 aromatic carbocycles. The number of aromatic nitrogens is 2. The largest absolute Gasteiger partial charge is 0.384 e. The lowest BCUT2D eigenvalue weighted by molar-refractivity contribution is 0.417. The van der Waals surface area contributed by atoms with Crippen LogP contribution in [0.4, 0.5) is 5.82 Å². The van der Waals surface area contributed by atoms with Crippen LogP contribution in [-0.4, -0.2) is 21.1 Å². The van der Waals surface area contributed by atoms with Gasteiger partial charge in [0.15, 0.2) is 0 Å². The Kier molecular flexibility index (Phi) is 4.06. The summed E-state index contributed by atoms with van der Waals surface area (Å²) in [5, 5.41) is 0. The standard InChI is InChI=1S/C15H25N3S/c1-2-18-14(16)13(12-8-9-19-10-12)17-15(18)11-6-4-3-5-7-11/h11-12H,2-10,16H2,1H3. The molecular weight excluding hydrogens is 254 g/mol. The van der Waals surface area contributed by atoms with Crippen molar-refractivity contribution < 1.29 is 0 Å². The minimum Gasteiger partial charge on any atom is -0.384 e. The summed E-state index contributed by atoms with van der Waals surface area (Å²) in [5.74, 6) is 5.96. The second-order valence-electron chi connectivity index (χ2n) is 5.88. The fourth-order valence-electron chi connectivity index (χ4n) is 3.56. The smallest absolute Gasteiger partial charge is 0.127 e. The first kappa shape index (κ1) is 13.3. The molecule has 2 fully saturated rings. The number of imidazole rings is 1. The molecule has 2 aliphatic rings. The number of anilines is 1. The summed E-state index contributed by atoms with van der Waals surface area (Å²) in [6, 6.07) is 0. The van der Waals surface area contributed by atoms with Crippen molar-refractivity contribution >= 4 is 17.6 Å². The van der Waals surface area contributed by atoms with Crippen LogP contribution < -0.4 is 5.73 Å². The molecule has 2 heterocycles. The summed E-state index contributed by atoms with van der Waals surface area (Å²) in [4.78, 5) is 5.01. The van der Waals surface area contributed by atoms with Crippen LogP contribution in [0.5, 0.6) is 0 Å². The Hall–Kier alpha value is -0.640. The molecule has 3 rings (SSSR count). The third-order valence-electron chi connectivity index (χ3n) is 4.67. The van der Waals surface area contributed by atoms with Crippen LogP contribution in [0.1, 0.15) is 68.8 Å². The second kappa shape index (κ2) is 5.78. The highest BCUT2D eigenvalue weighted by Crippen LogP contribution is 2.39. The molecule has 3 nitrogen and oxygen atoms in total. The van der Waals surface area contributed by atoms with Gasteiger partial charge < -0.3 is 10.3 Å². The zero-order valence-corrected chi connectivity index (χ0v) is 12.7. The van der Waals surface area contributed by atoms with Crippen molar-refractivity contribution in [3.63, 3.8) is 0 Å². The van der Waals surface area contributed by atoms with Crippen molar-refractivity contribution in [1.29, 1.82) is 0 Å². The summed E-state index contributed by atoms with van der Waals surface area (Å²) in [5.41, 5.74) is 7.59. The maximum absolute atomic E-state index is 6.39. The summed E-state index contributed by atoms with van der Waals surface area (Å²) in [6.45, 7) is 3.15.